The van der Waals surface area contributed by atoms with Crippen LogP contribution in [-0.4, -0.2) is 24.7 Å². The molecular weight excluding hydrogens is 216 g/mol. The predicted molar refractivity (Wildman–Crippen MR) is 68.1 cm³/mol. The van der Waals surface area contributed by atoms with Gasteiger partial charge in [-0.05, 0) is 18.6 Å². The highest BCUT2D eigenvalue weighted by atomic mass is 16.5. The minimum Gasteiger partial charge on any atom is -0.424 e. The van der Waals surface area contributed by atoms with E-state index in [0.29, 0.717) is 25.8 Å². The van der Waals surface area contributed by atoms with E-state index in [4.69, 9.17) is 9.15 Å². The lowest BCUT2D eigenvalue weighted by molar-refractivity contribution is 0.148. The van der Waals surface area contributed by atoms with Gasteiger partial charge in [-0.25, -0.2) is 0 Å². The third kappa shape index (κ3) is 3.32. The highest BCUT2D eigenvalue weighted by Gasteiger charge is 2.02. The quantitative estimate of drug-likeness (QED) is 0.589. The summed E-state index contributed by atoms with van der Waals surface area (Å²) in [6, 6.07) is 8.22. The van der Waals surface area contributed by atoms with Gasteiger partial charge in [-0.3, -0.25) is 0 Å². The van der Waals surface area contributed by atoms with Crippen molar-refractivity contribution in [2.75, 3.05) is 25.1 Å². The van der Waals surface area contributed by atoms with Crippen LogP contribution in [0.2, 0.25) is 0 Å². The van der Waals surface area contributed by atoms with Crippen molar-refractivity contribution in [1.82, 2.24) is 4.98 Å². The molecule has 0 spiro atoms. The fourth-order valence-electron chi connectivity index (χ4n) is 1.45. The van der Waals surface area contributed by atoms with E-state index in [0.717, 1.165) is 17.5 Å². The summed E-state index contributed by atoms with van der Waals surface area (Å²) in [5.41, 5.74) is 1.66. The molecule has 90 valence electrons. The molecule has 0 bridgehead atoms. The first-order chi connectivity index (χ1) is 8.40. The van der Waals surface area contributed by atoms with Crippen molar-refractivity contribution < 1.29 is 9.15 Å². The van der Waals surface area contributed by atoms with Crippen LogP contribution in [0.25, 0.3) is 11.1 Å². The molecule has 2 aromatic rings. The van der Waals surface area contributed by atoms with E-state index < -0.39 is 0 Å². The van der Waals surface area contributed by atoms with Crippen LogP contribution in [0, 0.1) is 0 Å². The summed E-state index contributed by atoms with van der Waals surface area (Å²) in [5, 5.41) is 3.08. The molecule has 0 saturated carbocycles. The summed E-state index contributed by atoms with van der Waals surface area (Å²) in [7, 11) is 0. The molecule has 17 heavy (non-hydrogen) atoms. The van der Waals surface area contributed by atoms with Crippen LogP contribution in [0.5, 0.6) is 0 Å². The summed E-state index contributed by atoms with van der Waals surface area (Å²) in [6.45, 7) is 5.65. The number of rotatable bonds is 7. The molecule has 4 nitrogen and oxygen atoms in total. The smallest absolute Gasteiger partial charge is 0.295 e. The topological polar surface area (TPSA) is 47.3 Å². The lowest BCUT2D eigenvalue weighted by Gasteiger charge is -2.02. The van der Waals surface area contributed by atoms with Gasteiger partial charge in [0, 0.05) is 6.54 Å². The molecule has 1 heterocycles. The third-order valence-corrected chi connectivity index (χ3v) is 2.28. The summed E-state index contributed by atoms with van der Waals surface area (Å²) in [4.78, 5) is 4.30. The van der Waals surface area contributed by atoms with Crippen LogP contribution in [0.15, 0.2) is 41.3 Å². The Labute approximate surface area is 100 Å². The van der Waals surface area contributed by atoms with Gasteiger partial charge in [0.15, 0.2) is 5.58 Å². The van der Waals surface area contributed by atoms with Crippen molar-refractivity contribution in [3.05, 3.63) is 36.9 Å². The molecule has 0 aliphatic heterocycles. The highest BCUT2D eigenvalue weighted by Crippen LogP contribution is 2.17. The van der Waals surface area contributed by atoms with E-state index in [2.05, 4.69) is 16.9 Å². The van der Waals surface area contributed by atoms with Crippen molar-refractivity contribution in [3.63, 3.8) is 0 Å². The van der Waals surface area contributed by atoms with E-state index >= 15 is 0 Å². The fourth-order valence-corrected chi connectivity index (χ4v) is 1.45. The number of benzene rings is 1. The molecule has 0 fully saturated rings. The van der Waals surface area contributed by atoms with Crippen LogP contribution in [0.3, 0.4) is 0 Å². The molecule has 0 saturated heterocycles. The number of aromatic nitrogens is 1. The Balaban J connectivity index is 1.77. The van der Waals surface area contributed by atoms with E-state index in [9.17, 15) is 0 Å². The van der Waals surface area contributed by atoms with Gasteiger partial charge in [-0.2, -0.15) is 4.98 Å². The lowest BCUT2D eigenvalue weighted by atomic mass is 10.3. The second-order valence-corrected chi connectivity index (χ2v) is 3.60. The third-order valence-electron chi connectivity index (χ3n) is 2.28. The predicted octanol–water partition coefficient (Wildman–Crippen LogP) is 2.83. The molecule has 0 aliphatic rings. The molecule has 0 unspecified atom stereocenters. The zero-order valence-electron chi connectivity index (χ0n) is 9.69. The molecule has 0 radical (unpaired) electrons. The van der Waals surface area contributed by atoms with Crippen LogP contribution in [-0.2, 0) is 4.74 Å². The maximum atomic E-state index is 5.50. The summed E-state index contributed by atoms with van der Waals surface area (Å²) < 4.78 is 10.9. The highest BCUT2D eigenvalue weighted by molar-refractivity contribution is 5.74. The van der Waals surface area contributed by atoms with Crippen molar-refractivity contribution >= 4 is 17.1 Å². The Bertz CT molecular complexity index is 446. The number of nitrogens with one attached hydrogen (secondary N) is 1. The Morgan fingerprint density at radius 3 is 3.06 bits per heavy atom. The van der Waals surface area contributed by atoms with Gasteiger partial charge in [0.05, 0.1) is 13.2 Å². The summed E-state index contributed by atoms with van der Waals surface area (Å²) >= 11 is 0. The van der Waals surface area contributed by atoms with Crippen LogP contribution in [0.1, 0.15) is 6.42 Å². The number of ether oxygens (including phenoxy) is 1. The van der Waals surface area contributed by atoms with Crippen molar-refractivity contribution in [2.45, 2.75) is 6.42 Å². The molecular formula is C13H16N2O2. The second-order valence-electron chi connectivity index (χ2n) is 3.60. The van der Waals surface area contributed by atoms with Crippen molar-refractivity contribution in [2.24, 2.45) is 0 Å². The molecule has 0 aliphatic carbocycles. The van der Waals surface area contributed by atoms with Crippen LogP contribution < -0.4 is 5.32 Å². The van der Waals surface area contributed by atoms with Gasteiger partial charge in [0.1, 0.15) is 5.52 Å². The lowest BCUT2D eigenvalue weighted by Crippen LogP contribution is -2.09. The summed E-state index contributed by atoms with van der Waals surface area (Å²) in [6.07, 6.45) is 2.72. The molecule has 4 heteroatoms. The van der Waals surface area contributed by atoms with Gasteiger partial charge in [-0.15, -0.1) is 6.58 Å². The Morgan fingerprint density at radius 1 is 1.35 bits per heavy atom. The first kappa shape index (κ1) is 11.7. The number of oxazole rings is 1. The van der Waals surface area contributed by atoms with Crippen molar-refractivity contribution in [3.8, 4) is 0 Å². The Kier molecular flexibility index (Phi) is 4.16. The van der Waals surface area contributed by atoms with E-state index in [1.54, 1.807) is 0 Å². The minimum absolute atomic E-state index is 0.540. The Hall–Kier alpha value is -1.81. The number of para-hydroxylation sites is 2. The van der Waals surface area contributed by atoms with Crippen LogP contribution >= 0.6 is 0 Å². The minimum atomic E-state index is 0.540. The normalized spacial score (nSPS) is 10.6. The summed E-state index contributed by atoms with van der Waals surface area (Å²) in [5.74, 6) is 0. The first-order valence-electron chi connectivity index (χ1n) is 5.68. The second kappa shape index (κ2) is 6.06. The average molecular weight is 232 g/mol. The van der Waals surface area contributed by atoms with E-state index in [-0.39, 0.29) is 0 Å². The average Bonchev–Trinajstić information content (AvgIpc) is 2.76. The van der Waals surface area contributed by atoms with Gasteiger partial charge in [0.25, 0.3) is 6.01 Å². The monoisotopic (exact) mass is 232 g/mol. The molecule has 0 amide bonds. The SMILES string of the molecule is C=CCCOCCNc1nc2ccccc2o1. The van der Waals surface area contributed by atoms with E-state index in [1.807, 2.05) is 30.3 Å². The number of anilines is 1. The molecule has 2 rings (SSSR count). The van der Waals surface area contributed by atoms with Crippen LogP contribution in [0.4, 0.5) is 6.01 Å². The maximum Gasteiger partial charge on any atom is 0.295 e. The number of nitrogens with zero attached hydrogens (tertiary/aromatic N) is 1. The molecule has 0 atom stereocenters. The van der Waals surface area contributed by atoms with Gasteiger partial charge < -0.3 is 14.5 Å². The number of fused-ring (bicyclic) bond motifs is 1. The van der Waals surface area contributed by atoms with Gasteiger partial charge in [0.2, 0.25) is 0 Å². The van der Waals surface area contributed by atoms with Crippen molar-refractivity contribution in [1.29, 1.82) is 0 Å². The first-order valence-corrected chi connectivity index (χ1v) is 5.68. The zero-order chi connectivity index (χ0) is 11.9. The molecule has 1 aromatic heterocycles. The maximum absolute atomic E-state index is 5.50. The van der Waals surface area contributed by atoms with Gasteiger partial charge >= 0.3 is 0 Å². The Morgan fingerprint density at radius 2 is 2.24 bits per heavy atom. The number of hydrogen-bond donors (Lipinski definition) is 1. The molecule has 1 aromatic carbocycles. The molecule has 1 N–H and O–H groups in total. The van der Waals surface area contributed by atoms with E-state index in [1.165, 1.54) is 0 Å². The zero-order valence-corrected chi connectivity index (χ0v) is 9.69. The largest absolute Gasteiger partial charge is 0.424 e. The standard InChI is InChI=1S/C13H16N2O2/c1-2-3-9-16-10-8-14-13-15-11-6-4-5-7-12(11)17-13/h2,4-7H,1,3,8-10H2,(H,14,15). The fraction of sp³-hybridized carbons (Fsp3) is 0.308. The van der Waals surface area contributed by atoms with Gasteiger partial charge in [-0.1, -0.05) is 18.2 Å². The number of hydrogen-bond acceptors (Lipinski definition) is 4.